The van der Waals surface area contributed by atoms with Gasteiger partial charge < -0.3 is 15.4 Å². The second-order valence-corrected chi connectivity index (χ2v) is 6.30. The molecule has 0 aromatic rings. The molecule has 0 spiro atoms. The molecule has 2 N–H and O–H groups in total. The van der Waals surface area contributed by atoms with Crippen LogP contribution in [-0.4, -0.2) is 43.8 Å². The van der Waals surface area contributed by atoms with Crippen molar-refractivity contribution in [2.24, 2.45) is 17.6 Å². The fourth-order valence-electron chi connectivity index (χ4n) is 3.57. The fourth-order valence-corrected chi connectivity index (χ4v) is 3.57. The quantitative estimate of drug-likeness (QED) is 0.606. The van der Waals surface area contributed by atoms with E-state index in [1.807, 2.05) is 6.08 Å². The van der Waals surface area contributed by atoms with Gasteiger partial charge in [-0.1, -0.05) is 18.9 Å². The molecule has 0 aromatic carbocycles. The van der Waals surface area contributed by atoms with Crippen molar-refractivity contribution in [1.82, 2.24) is 4.90 Å². The molecule has 2 unspecified atom stereocenters. The SMILES string of the molecule is C=CCOC[C@@H]1CCCN(CC2CCCCC2N)C1.Cl. The Bertz CT molecular complexity index is 275. The van der Waals surface area contributed by atoms with Gasteiger partial charge in [-0.25, -0.2) is 0 Å². The summed E-state index contributed by atoms with van der Waals surface area (Å²) in [7, 11) is 0. The molecule has 118 valence electrons. The predicted octanol–water partition coefficient (Wildman–Crippen LogP) is 2.84. The van der Waals surface area contributed by atoms with Crippen molar-refractivity contribution in [3.8, 4) is 0 Å². The van der Waals surface area contributed by atoms with Crippen LogP contribution in [0.15, 0.2) is 12.7 Å². The van der Waals surface area contributed by atoms with Gasteiger partial charge in [-0.15, -0.1) is 19.0 Å². The van der Waals surface area contributed by atoms with Crippen LogP contribution in [0.4, 0.5) is 0 Å². The lowest BCUT2D eigenvalue weighted by atomic mass is 9.84. The summed E-state index contributed by atoms with van der Waals surface area (Å²) < 4.78 is 5.61. The second-order valence-electron chi connectivity index (χ2n) is 6.30. The minimum atomic E-state index is 0. The Morgan fingerprint density at radius 2 is 2.00 bits per heavy atom. The first-order valence-corrected chi connectivity index (χ1v) is 7.96. The first-order valence-electron chi connectivity index (χ1n) is 7.96. The second kappa shape index (κ2) is 9.78. The highest BCUT2D eigenvalue weighted by molar-refractivity contribution is 5.85. The zero-order chi connectivity index (χ0) is 13.5. The molecule has 0 amide bonds. The third-order valence-corrected chi connectivity index (χ3v) is 4.65. The van der Waals surface area contributed by atoms with E-state index in [0.717, 1.165) is 12.5 Å². The van der Waals surface area contributed by atoms with Crippen LogP contribution >= 0.6 is 12.4 Å². The molecule has 1 aliphatic carbocycles. The Labute approximate surface area is 130 Å². The summed E-state index contributed by atoms with van der Waals surface area (Å²) in [6.07, 6.45) is 9.71. The first-order chi connectivity index (χ1) is 9.29. The first kappa shape index (κ1) is 18.0. The number of nitrogens with two attached hydrogens (primary N) is 1. The molecule has 1 aliphatic heterocycles. The lowest BCUT2D eigenvalue weighted by molar-refractivity contribution is 0.0633. The molecule has 3 atom stereocenters. The van der Waals surface area contributed by atoms with Crippen LogP contribution < -0.4 is 5.73 Å². The van der Waals surface area contributed by atoms with E-state index in [-0.39, 0.29) is 12.4 Å². The van der Waals surface area contributed by atoms with E-state index >= 15 is 0 Å². The van der Waals surface area contributed by atoms with E-state index in [9.17, 15) is 0 Å². The van der Waals surface area contributed by atoms with Gasteiger partial charge in [0.05, 0.1) is 13.2 Å². The van der Waals surface area contributed by atoms with Crippen LogP contribution in [0.25, 0.3) is 0 Å². The van der Waals surface area contributed by atoms with E-state index < -0.39 is 0 Å². The lowest BCUT2D eigenvalue weighted by Crippen LogP contribution is -2.45. The van der Waals surface area contributed by atoms with Crippen molar-refractivity contribution in [2.75, 3.05) is 32.8 Å². The van der Waals surface area contributed by atoms with Crippen LogP contribution in [0.1, 0.15) is 38.5 Å². The molecular formula is C16H31ClN2O. The molecule has 20 heavy (non-hydrogen) atoms. The van der Waals surface area contributed by atoms with E-state index in [0.29, 0.717) is 18.6 Å². The van der Waals surface area contributed by atoms with Crippen LogP contribution in [0.5, 0.6) is 0 Å². The number of piperidine rings is 1. The number of hydrogen-bond donors (Lipinski definition) is 1. The summed E-state index contributed by atoms with van der Waals surface area (Å²) >= 11 is 0. The third kappa shape index (κ3) is 5.72. The molecule has 2 rings (SSSR count). The van der Waals surface area contributed by atoms with Crippen LogP contribution in [0.2, 0.25) is 0 Å². The van der Waals surface area contributed by atoms with Gasteiger partial charge in [0.15, 0.2) is 0 Å². The van der Waals surface area contributed by atoms with Crippen LogP contribution in [0, 0.1) is 11.8 Å². The highest BCUT2D eigenvalue weighted by Crippen LogP contribution is 2.26. The number of likely N-dealkylation sites (tertiary alicyclic amines) is 1. The minimum absolute atomic E-state index is 0. The number of ether oxygens (including phenoxy) is 1. The molecule has 0 bridgehead atoms. The Balaban J connectivity index is 0.00000200. The molecule has 2 fully saturated rings. The monoisotopic (exact) mass is 302 g/mol. The van der Waals surface area contributed by atoms with Gasteiger partial charge in [-0.2, -0.15) is 0 Å². The molecule has 1 heterocycles. The third-order valence-electron chi connectivity index (χ3n) is 4.65. The topological polar surface area (TPSA) is 38.5 Å². The number of nitrogens with zero attached hydrogens (tertiary/aromatic N) is 1. The van der Waals surface area contributed by atoms with Gasteiger partial charge in [0.25, 0.3) is 0 Å². The number of hydrogen-bond acceptors (Lipinski definition) is 3. The molecule has 0 aromatic heterocycles. The summed E-state index contributed by atoms with van der Waals surface area (Å²) in [4.78, 5) is 2.63. The summed E-state index contributed by atoms with van der Waals surface area (Å²) in [6, 6.07) is 0.436. The Hall–Kier alpha value is -0.0900. The molecular weight excluding hydrogens is 272 g/mol. The maximum atomic E-state index is 6.27. The zero-order valence-corrected chi connectivity index (χ0v) is 13.5. The van der Waals surface area contributed by atoms with Crippen molar-refractivity contribution in [2.45, 2.75) is 44.6 Å². The number of halogens is 1. The van der Waals surface area contributed by atoms with Crippen LogP contribution in [-0.2, 0) is 4.74 Å². The van der Waals surface area contributed by atoms with E-state index in [1.165, 1.54) is 58.2 Å². The van der Waals surface area contributed by atoms with Gasteiger partial charge in [-0.3, -0.25) is 0 Å². The predicted molar refractivity (Wildman–Crippen MR) is 87.4 cm³/mol. The molecule has 4 heteroatoms. The van der Waals surface area contributed by atoms with Crippen LogP contribution in [0.3, 0.4) is 0 Å². The Kier molecular flexibility index (Phi) is 8.78. The van der Waals surface area contributed by atoms with Gasteiger partial charge in [0.2, 0.25) is 0 Å². The van der Waals surface area contributed by atoms with E-state index in [1.54, 1.807) is 0 Å². The normalized spacial score (nSPS) is 31.6. The molecule has 2 aliphatic rings. The standard InChI is InChI=1S/C16H30N2O.ClH/c1-2-10-19-13-14-6-5-9-18(11-14)12-15-7-3-4-8-16(15)17;/h2,14-16H,1,3-13,17H2;1H/t14-,15?,16?;/m1./s1. The van der Waals surface area contributed by atoms with Gasteiger partial charge in [0.1, 0.15) is 0 Å². The minimum Gasteiger partial charge on any atom is -0.377 e. The molecule has 1 saturated carbocycles. The highest BCUT2D eigenvalue weighted by atomic mass is 35.5. The van der Waals surface area contributed by atoms with Gasteiger partial charge >= 0.3 is 0 Å². The maximum absolute atomic E-state index is 6.27. The zero-order valence-electron chi connectivity index (χ0n) is 12.6. The highest BCUT2D eigenvalue weighted by Gasteiger charge is 2.27. The summed E-state index contributed by atoms with van der Waals surface area (Å²) in [5.74, 6) is 1.43. The smallest absolute Gasteiger partial charge is 0.0644 e. The molecule has 1 saturated heterocycles. The van der Waals surface area contributed by atoms with Crippen molar-refractivity contribution in [3.05, 3.63) is 12.7 Å². The van der Waals surface area contributed by atoms with Crippen molar-refractivity contribution in [1.29, 1.82) is 0 Å². The van der Waals surface area contributed by atoms with Crippen molar-refractivity contribution >= 4 is 12.4 Å². The summed E-state index contributed by atoms with van der Waals surface area (Å²) in [5, 5.41) is 0. The van der Waals surface area contributed by atoms with E-state index in [2.05, 4.69) is 11.5 Å². The fraction of sp³-hybridized carbons (Fsp3) is 0.875. The van der Waals surface area contributed by atoms with E-state index in [4.69, 9.17) is 10.5 Å². The Morgan fingerprint density at radius 1 is 1.20 bits per heavy atom. The lowest BCUT2D eigenvalue weighted by Gasteiger charge is -2.38. The Morgan fingerprint density at radius 3 is 2.75 bits per heavy atom. The largest absolute Gasteiger partial charge is 0.377 e. The summed E-state index contributed by atoms with van der Waals surface area (Å²) in [6.45, 7) is 8.92. The van der Waals surface area contributed by atoms with Gasteiger partial charge in [0, 0.05) is 19.1 Å². The van der Waals surface area contributed by atoms with Crippen molar-refractivity contribution in [3.63, 3.8) is 0 Å². The summed E-state index contributed by atoms with van der Waals surface area (Å²) in [5.41, 5.74) is 6.27. The number of rotatable bonds is 6. The van der Waals surface area contributed by atoms with Crippen molar-refractivity contribution < 1.29 is 4.74 Å². The maximum Gasteiger partial charge on any atom is 0.0644 e. The molecule has 3 nitrogen and oxygen atoms in total. The molecule has 0 radical (unpaired) electrons. The average molecular weight is 303 g/mol. The van der Waals surface area contributed by atoms with Gasteiger partial charge in [-0.05, 0) is 44.1 Å². The average Bonchev–Trinajstić information content (AvgIpc) is 2.42.